The molecule has 0 amide bonds. The number of nitrogens with one attached hydrogen (secondary N) is 1. The number of aliphatic hydroxyl groups excluding tert-OH is 1. The maximum Gasteiger partial charge on any atom is 0.184 e. The van der Waals surface area contributed by atoms with Gasteiger partial charge >= 0.3 is 0 Å². The van der Waals surface area contributed by atoms with Gasteiger partial charge in [0.15, 0.2) is 5.13 Å². The van der Waals surface area contributed by atoms with Gasteiger partial charge in [-0.25, -0.2) is 9.97 Å². The van der Waals surface area contributed by atoms with E-state index < -0.39 is 5.60 Å². The number of hydrogen-bond acceptors (Lipinski definition) is 7. The molecule has 0 saturated heterocycles. The molecule has 1 aromatic carbocycles. The SMILES string of the molecule is CC(C)(O)c1cc2ncn(Cc3ccc4nc(N[C@@H]5CCCC[C@H]5O)sc4c3)c2cn1. The molecule has 3 aromatic heterocycles. The Morgan fingerprint density at radius 2 is 2.00 bits per heavy atom. The summed E-state index contributed by atoms with van der Waals surface area (Å²) in [6, 6.07) is 8.24. The average molecular weight is 438 g/mol. The van der Waals surface area contributed by atoms with Crippen molar-refractivity contribution >= 4 is 37.7 Å². The molecule has 7 nitrogen and oxygen atoms in total. The van der Waals surface area contributed by atoms with Crippen LogP contribution in [-0.4, -0.2) is 41.9 Å². The van der Waals surface area contributed by atoms with Gasteiger partial charge in [0.1, 0.15) is 5.60 Å². The summed E-state index contributed by atoms with van der Waals surface area (Å²) in [4.78, 5) is 13.6. The van der Waals surface area contributed by atoms with E-state index in [9.17, 15) is 10.2 Å². The summed E-state index contributed by atoms with van der Waals surface area (Å²) in [5.41, 5.74) is 3.50. The van der Waals surface area contributed by atoms with E-state index in [1.54, 1.807) is 31.4 Å². The van der Waals surface area contributed by atoms with Crippen LogP contribution in [0.25, 0.3) is 21.3 Å². The van der Waals surface area contributed by atoms with Gasteiger partial charge in [-0.2, -0.15) is 0 Å². The van der Waals surface area contributed by atoms with Crippen molar-refractivity contribution in [2.75, 3.05) is 5.32 Å². The van der Waals surface area contributed by atoms with E-state index in [2.05, 4.69) is 32.0 Å². The van der Waals surface area contributed by atoms with E-state index >= 15 is 0 Å². The molecule has 0 bridgehead atoms. The van der Waals surface area contributed by atoms with E-state index in [0.717, 1.165) is 57.6 Å². The van der Waals surface area contributed by atoms with Crippen LogP contribution >= 0.6 is 11.3 Å². The lowest BCUT2D eigenvalue weighted by Crippen LogP contribution is -2.36. The average Bonchev–Trinajstić information content (AvgIpc) is 3.32. The quantitative estimate of drug-likeness (QED) is 0.436. The third-order valence-corrected chi connectivity index (χ3v) is 6.93. The standard InChI is InChI=1S/C23H27N5O2S/c1-23(2,30)21-10-17-18(11-24-21)28(13-25-17)12-14-7-8-16-20(9-14)31-22(27-16)26-15-5-3-4-6-19(15)29/h7-11,13,15,19,29-30H,3-6,12H2,1-2H3,(H,26,27)/t15-,19-/m1/s1. The van der Waals surface area contributed by atoms with Crippen LogP contribution in [0.2, 0.25) is 0 Å². The molecule has 4 aromatic rings. The van der Waals surface area contributed by atoms with E-state index in [1.807, 2.05) is 18.5 Å². The van der Waals surface area contributed by atoms with Gasteiger partial charge in [0.05, 0.1) is 51.6 Å². The van der Waals surface area contributed by atoms with Crippen LogP contribution in [0.3, 0.4) is 0 Å². The second-order valence-corrected chi connectivity index (χ2v) is 9.94. The molecular weight excluding hydrogens is 410 g/mol. The van der Waals surface area contributed by atoms with Gasteiger partial charge in [-0.15, -0.1) is 0 Å². The summed E-state index contributed by atoms with van der Waals surface area (Å²) in [6.07, 6.45) is 7.38. The maximum absolute atomic E-state index is 10.2. The molecule has 31 heavy (non-hydrogen) atoms. The number of hydrogen-bond donors (Lipinski definition) is 3. The van der Waals surface area contributed by atoms with Gasteiger partial charge < -0.3 is 20.1 Å². The van der Waals surface area contributed by atoms with Gasteiger partial charge in [-0.1, -0.05) is 30.2 Å². The zero-order valence-corrected chi connectivity index (χ0v) is 18.6. The highest BCUT2D eigenvalue weighted by atomic mass is 32.1. The predicted octanol–water partition coefficient (Wildman–Crippen LogP) is 4.03. The molecule has 1 aliphatic rings. The molecule has 2 atom stereocenters. The second kappa shape index (κ2) is 7.85. The van der Waals surface area contributed by atoms with Crippen molar-refractivity contribution in [2.24, 2.45) is 0 Å². The zero-order valence-electron chi connectivity index (χ0n) is 17.7. The topological polar surface area (TPSA) is 96.1 Å². The number of nitrogens with zero attached hydrogens (tertiary/aromatic N) is 4. The molecule has 0 spiro atoms. The first-order valence-electron chi connectivity index (χ1n) is 10.7. The molecule has 3 heterocycles. The van der Waals surface area contributed by atoms with E-state index in [-0.39, 0.29) is 12.1 Å². The molecule has 0 radical (unpaired) electrons. The van der Waals surface area contributed by atoms with E-state index in [1.165, 1.54) is 0 Å². The van der Waals surface area contributed by atoms with Crippen LogP contribution in [0.4, 0.5) is 5.13 Å². The number of fused-ring (bicyclic) bond motifs is 2. The van der Waals surface area contributed by atoms with Crippen LogP contribution in [0, 0.1) is 0 Å². The number of aliphatic hydroxyl groups is 2. The Labute approximate surface area is 184 Å². The first-order chi connectivity index (χ1) is 14.9. The van der Waals surface area contributed by atoms with E-state index in [0.29, 0.717) is 12.2 Å². The van der Waals surface area contributed by atoms with Crippen LogP contribution in [0.5, 0.6) is 0 Å². The Bertz CT molecular complexity index is 1230. The normalized spacial score (nSPS) is 19.9. The summed E-state index contributed by atoms with van der Waals surface area (Å²) in [5, 5.41) is 24.7. The van der Waals surface area contributed by atoms with Crippen molar-refractivity contribution in [2.45, 2.75) is 63.8 Å². The van der Waals surface area contributed by atoms with Gasteiger partial charge in [-0.05, 0) is 50.5 Å². The van der Waals surface area contributed by atoms with E-state index in [4.69, 9.17) is 4.98 Å². The summed E-state index contributed by atoms with van der Waals surface area (Å²) in [7, 11) is 0. The number of imidazole rings is 1. The number of anilines is 1. The Balaban J connectivity index is 1.37. The van der Waals surface area contributed by atoms with Crippen molar-refractivity contribution < 1.29 is 10.2 Å². The highest BCUT2D eigenvalue weighted by molar-refractivity contribution is 7.22. The first kappa shape index (κ1) is 20.4. The first-order valence-corrected chi connectivity index (χ1v) is 11.6. The summed E-state index contributed by atoms with van der Waals surface area (Å²) in [6.45, 7) is 4.12. The number of pyridine rings is 1. The van der Waals surface area contributed by atoms with Gasteiger partial charge in [0.2, 0.25) is 0 Å². The largest absolute Gasteiger partial charge is 0.391 e. The second-order valence-electron chi connectivity index (χ2n) is 8.91. The fourth-order valence-electron chi connectivity index (χ4n) is 4.18. The molecule has 1 fully saturated rings. The molecule has 1 aliphatic carbocycles. The van der Waals surface area contributed by atoms with Crippen molar-refractivity contribution in [1.82, 2.24) is 19.5 Å². The summed E-state index contributed by atoms with van der Waals surface area (Å²) >= 11 is 1.63. The Kier molecular flexibility index (Phi) is 5.16. The molecule has 3 N–H and O–H groups in total. The Morgan fingerprint density at radius 3 is 2.81 bits per heavy atom. The number of aromatic nitrogens is 4. The maximum atomic E-state index is 10.2. The Morgan fingerprint density at radius 1 is 1.16 bits per heavy atom. The zero-order chi connectivity index (χ0) is 21.6. The molecular formula is C23H27N5O2S. The monoisotopic (exact) mass is 437 g/mol. The minimum Gasteiger partial charge on any atom is -0.391 e. The number of benzene rings is 1. The summed E-state index contributed by atoms with van der Waals surface area (Å²) < 4.78 is 3.19. The molecule has 0 aliphatic heterocycles. The van der Waals surface area contributed by atoms with Crippen LogP contribution in [-0.2, 0) is 12.1 Å². The molecule has 5 rings (SSSR count). The van der Waals surface area contributed by atoms with Crippen LogP contribution < -0.4 is 5.32 Å². The lowest BCUT2D eigenvalue weighted by Gasteiger charge is -2.27. The molecule has 0 unspecified atom stereocenters. The summed E-state index contributed by atoms with van der Waals surface area (Å²) in [5.74, 6) is 0. The van der Waals surface area contributed by atoms with Crippen molar-refractivity contribution in [1.29, 1.82) is 0 Å². The number of rotatable bonds is 5. The fraction of sp³-hybridized carbons (Fsp3) is 0.435. The highest BCUT2D eigenvalue weighted by Crippen LogP contribution is 2.30. The third kappa shape index (κ3) is 4.15. The smallest absolute Gasteiger partial charge is 0.184 e. The molecule has 8 heteroatoms. The highest BCUT2D eigenvalue weighted by Gasteiger charge is 2.24. The van der Waals surface area contributed by atoms with Crippen LogP contribution in [0.1, 0.15) is 50.8 Å². The van der Waals surface area contributed by atoms with Crippen molar-refractivity contribution in [3.05, 3.63) is 48.0 Å². The lowest BCUT2D eigenvalue weighted by molar-refractivity contribution is 0.0740. The van der Waals surface area contributed by atoms with Gasteiger partial charge in [0.25, 0.3) is 0 Å². The van der Waals surface area contributed by atoms with Crippen molar-refractivity contribution in [3.63, 3.8) is 0 Å². The minimum atomic E-state index is -0.991. The van der Waals surface area contributed by atoms with Gasteiger partial charge in [0, 0.05) is 6.54 Å². The fourth-order valence-corrected chi connectivity index (χ4v) is 5.17. The molecule has 1 saturated carbocycles. The Hall–Kier alpha value is -2.55. The van der Waals surface area contributed by atoms with Gasteiger partial charge in [-0.3, -0.25) is 4.98 Å². The predicted molar refractivity (Wildman–Crippen MR) is 123 cm³/mol. The van der Waals surface area contributed by atoms with Crippen LogP contribution in [0.15, 0.2) is 36.8 Å². The minimum absolute atomic E-state index is 0.0902. The lowest BCUT2D eigenvalue weighted by atomic mass is 9.93. The number of thiazole rings is 1. The third-order valence-electron chi connectivity index (χ3n) is 5.98. The van der Waals surface area contributed by atoms with Crippen molar-refractivity contribution in [3.8, 4) is 0 Å². The molecule has 162 valence electrons.